The molecule has 0 fully saturated rings. The first-order chi connectivity index (χ1) is 33.0. The van der Waals surface area contributed by atoms with E-state index in [1.54, 1.807) is 0 Å². The lowest BCUT2D eigenvalue weighted by Gasteiger charge is -2.18. The normalized spacial score (nSPS) is 12.1. The summed E-state index contributed by atoms with van der Waals surface area (Å²) in [6.45, 7) is 6.67. The van der Waals surface area contributed by atoms with Crippen molar-refractivity contribution < 1.29 is 28.6 Å². The van der Waals surface area contributed by atoms with Gasteiger partial charge in [0, 0.05) is 19.3 Å². The van der Waals surface area contributed by atoms with E-state index >= 15 is 0 Å². The molecule has 0 rings (SSSR count). The Bertz CT molecular complexity index is 1080. The Morgan fingerprint density at radius 3 is 0.761 bits per heavy atom. The van der Waals surface area contributed by atoms with Crippen LogP contribution in [0.15, 0.2) is 24.3 Å². The number of hydrogen-bond acceptors (Lipinski definition) is 6. The third kappa shape index (κ3) is 54.7. The number of hydrogen-bond donors (Lipinski definition) is 0. The molecule has 1 atom stereocenters. The van der Waals surface area contributed by atoms with Gasteiger partial charge >= 0.3 is 17.9 Å². The zero-order chi connectivity index (χ0) is 48.6. The van der Waals surface area contributed by atoms with Crippen LogP contribution in [0.25, 0.3) is 0 Å². The zero-order valence-corrected chi connectivity index (χ0v) is 45.2. The van der Waals surface area contributed by atoms with Crippen LogP contribution in [-0.2, 0) is 28.6 Å². The summed E-state index contributed by atoms with van der Waals surface area (Å²) in [6, 6.07) is 0. The molecule has 0 radical (unpaired) electrons. The van der Waals surface area contributed by atoms with Crippen LogP contribution in [0.3, 0.4) is 0 Å². The Kier molecular flexibility index (Phi) is 54.7. The first-order valence-corrected chi connectivity index (χ1v) is 29.8. The number of carbonyl (C=O) groups is 3. The third-order valence-corrected chi connectivity index (χ3v) is 13.4. The molecule has 0 bridgehead atoms. The minimum atomic E-state index is -0.771. The molecule has 0 amide bonds. The molecule has 0 aliphatic carbocycles. The topological polar surface area (TPSA) is 78.9 Å². The smallest absolute Gasteiger partial charge is 0.306 e. The monoisotopic (exact) mass is 943 g/mol. The van der Waals surface area contributed by atoms with Crippen molar-refractivity contribution in [2.75, 3.05) is 13.2 Å². The number of ether oxygens (including phenoxy) is 3. The molecule has 0 unspecified atom stereocenters. The molecule has 0 saturated carbocycles. The zero-order valence-electron chi connectivity index (χ0n) is 45.2. The highest BCUT2D eigenvalue weighted by atomic mass is 16.6. The summed E-state index contributed by atoms with van der Waals surface area (Å²) in [5.41, 5.74) is 0. The van der Waals surface area contributed by atoms with E-state index in [0.29, 0.717) is 19.3 Å². The van der Waals surface area contributed by atoms with Crippen molar-refractivity contribution in [3.63, 3.8) is 0 Å². The quantitative estimate of drug-likeness (QED) is 0.0262. The van der Waals surface area contributed by atoms with Crippen LogP contribution < -0.4 is 0 Å². The Morgan fingerprint density at radius 1 is 0.284 bits per heavy atom. The van der Waals surface area contributed by atoms with Gasteiger partial charge in [0.1, 0.15) is 13.2 Å². The van der Waals surface area contributed by atoms with Gasteiger partial charge in [0.2, 0.25) is 0 Å². The fourth-order valence-electron chi connectivity index (χ4n) is 8.91. The van der Waals surface area contributed by atoms with E-state index < -0.39 is 6.10 Å². The Balaban J connectivity index is 4.33. The van der Waals surface area contributed by atoms with Crippen molar-refractivity contribution in [3.8, 4) is 0 Å². The average molecular weight is 944 g/mol. The van der Waals surface area contributed by atoms with Crippen LogP contribution in [0, 0.1) is 0 Å². The van der Waals surface area contributed by atoms with Gasteiger partial charge in [-0.25, -0.2) is 0 Å². The molecule has 0 aliphatic rings. The van der Waals surface area contributed by atoms with Gasteiger partial charge < -0.3 is 14.2 Å². The van der Waals surface area contributed by atoms with Crippen molar-refractivity contribution >= 4 is 17.9 Å². The summed E-state index contributed by atoms with van der Waals surface area (Å²) in [5, 5.41) is 0. The number of carbonyl (C=O) groups excluding carboxylic acids is 3. The molecule has 394 valence electrons. The van der Waals surface area contributed by atoms with Crippen LogP contribution >= 0.6 is 0 Å². The van der Waals surface area contributed by atoms with Crippen LogP contribution in [0.4, 0.5) is 0 Å². The molecular weight excluding hydrogens is 829 g/mol. The SMILES string of the molecule is CCCCCC/C=C/CCCCCCCCCC(=O)OC[C@H](COC(=O)CCCCCCCCC/C=C/CCCCCCCC)OC(=O)CCCCCCCCCCCCCCCCCCC. The highest BCUT2D eigenvalue weighted by molar-refractivity contribution is 5.71. The van der Waals surface area contributed by atoms with Gasteiger partial charge in [-0.15, -0.1) is 0 Å². The van der Waals surface area contributed by atoms with Gasteiger partial charge in [0.05, 0.1) is 0 Å². The molecule has 0 N–H and O–H groups in total. The Morgan fingerprint density at radius 2 is 0.493 bits per heavy atom. The first kappa shape index (κ1) is 64.9. The fraction of sp³-hybridized carbons (Fsp3) is 0.885. The largest absolute Gasteiger partial charge is 0.462 e. The maximum atomic E-state index is 12.9. The van der Waals surface area contributed by atoms with Crippen LogP contribution in [0.5, 0.6) is 0 Å². The van der Waals surface area contributed by atoms with Gasteiger partial charge in [-0.05, 0) is 70.6 Å². The summed E-state index contributed by atoms with van der Waals surface area (Å²) >= 11 is 0. The maximum Gasteiger partial charge on any atom is 0.306 e. The maximum absolute atomic E-state index is 12.9. The molecule has 0 spiro atoms. The van der Waals surface area contributed by atoms with Crippen LogP contribution in [0.1, 0.15) is 329 Å². The predicted molar refractivity (Wildman–Crippen MR) is 289 cm³/mol. The second kappa shape index (κ2) is 56.5. The van der Waals surface area contributed by atoms with Crippen molar-refractivity contribution in [2.45, 2.75) is 335 Å². The summed E-state index contributed by atoms with van der Waals surface area (Å²) in [7, 11) is 0. The van der Waals surface area contributed by atoms with Crippen molar-refractivity contribution in [3.05, 3.63) is 24.3 Å². The number of allylic oxidation sites excluding steroid dienone is 4. The summed E-state index contributed by atoms with van der Waals surface area (Å²) in [4.78, 5) is 38.2. The highest BCUT2D eigenvalue weighted by Crippen LogP contribution is 2.17. The lowest BCUT2D eigenvalue weighted by Crippen LogP contribution is -2.30. The second-order valence-electron chi connectivity index (χ2n) is 20.3. The molecule has 0 aliphatic heterocycles. The lowest BCUT2D eigenvalue weighted by molar-refractivity contribution is -0.167. The van der Waals surface area contributed by atoms with Crippen molar-refractivity contribution in [1.82, 2.24) is 0 Å². The van der Waals surface area contributed by atoms with E-state index in [9.17, 15) is 14.4 Å². The Labute approximate surface area is 417 Å². The van der Waals surface area contributed by atoms with E-state index in [1.807, 2.05) is 0 Å². The van der Waals surface area contributed by atoms with Crippen molar-refractivity contribution in [2.24, 2.45) is 0 Å². The lowest BCUT2D eigenvalue weighted by atomic mass is 10.0. The standard InChI is InChI=1S/C61H114O6/c1-4-7-10-13-16-19-22-25-28-30-33-36-39-42-45-48-51-54-60(63)66-57-58(56-65-59(62)53-50-47-44-41-38-35-32-27-24-21-18-15-12-9-6-3)67-61(64)55-52-49-46-43-40-37-34-31-29-26-23-20-17-14-11-8-5-2/h21,24-25,28,58H,4-20,22-23,26-27,29-57H2,1-3H3/b24-21+,28-25+/t58-/m1/s1. The molecule has 0 aromatic rings. The molecule has 0 aromatic heterocycles. The predicted octanol–water partition coefficient (Wildman–Crippen LogP) is 19.9. The van der Waals surface area contributed by atoms with Crippen LogP contribution in [0.2, 0.25) is 0 Å². The van der Waals surface area contributed by atoms with E-state index in [-0.39, 0.29) is 31.1 Å². The average Bonchev–Trinajstić information content (AvgIpc) is 3.33. The van der Waals surface area contributed by atoms with E-state index in [2.05, 4.69) is 45.1 Å². The number of unbranched alkanes of at least 4 members (excludes halogenated alkanes) is 40. The minimum Gasteiger partial charge on any atom is -0.462 e. The number of rotatable bonds is 55. The van der Waals surface area contributed by atoms with Gasteiger partial charge in [-0.1, -0.05) is 263 Å². The van der Waals surface area contributed by atoms with Gasteiger partial charge in [-0.3, -0.25) is 14.4 Å². The molecular formula is C61H114O6. The molecule has 0 saturated heterocycles. The third-order valence-electron chi connectivity index (χ3n) is 13.4. The molecule has 6 heteroatoms. The van der Waals surface area contributed by atoms with Crippen molar-refractivity contribution in [1.29, 1.82) is 0 Å². The fourth-order valence-corrected chi connectivity index (χ4v) is 8.91. The van der Waals surface area contributed by atoms with Gasteiger partial charge in [0.25, 0.3) is 0 Å². The summed E-state index contributed by atoms with van der Waals surface area (Å²) in [5.74, 6) is -0.856. The van der Waals surface area contributed by atoms with E-state index in [0.717, 1.165) is 57.8 Å². The highest BCUT2D eigenvalue weighted by Gasteiger charge is 2.19. The first-order valence-electron chi connectivity index (χ1n) is 29.8. The Hall–Kier alpha value is -2.11. The summed E-state index contributed by atoms with van der Waals surface area (Å²) < 4.78 is 16.9. The molecule has 0 aromatic carbocycles. The molecule has 0 heterocycles. The van der Waals surface area contributed by atoms with E-state index in [4.69, 9.17) is 14.2 Å². The number of esters is 3. The summed E-state index contributed by atoms with van der Waals surface area (Å²) in [6.07, 6.45) is 65.9. The van der Waals surface area contributed by atoms with Gasteiger partial charge in [0.15, 0.2) is 6.10 Å². The second-order valence-corrected chi connectivity index (χ2v) is 20.3. The van der Waals surface area contributed by atoms with E-state index in [1.165, 1.54) is 231 Å². The molecule has 67 heavy (non-hydrogen) atoms. The minimum absolute atomic E-state index is 0.0704. The molecule has 6 nitrogen and oxygen atoms in total. The van der Waals surface area contributed by atoms with Crippen LogP contribution in [-0.4, -0.2) is 37.2 Å². The van der Waals surface area contributed by atoms with Gasteiger partial charge in [-0.2, -0.15) is 0 Å².